The van der Waals surface area contributed by atoms with Crippen LogP contribution in [0.25, 0.3) is 0 Å². The maximum absolute atomic E-state index is 13.2. The molecule has 0 bridgehead atoms. The molecule has 0 amide bonds. The maximum atomic E-state index is 13.2. The highest BCUT2D eigenvalue weighted by Gasteiger charge is 2.36. The minimum atomic E-state index is -1.86. The third-order valence-electron chi connectivity index (χ3n) is 11.6. The second-order valence-electron chi connectivity index (χ2n) is 18.0. The number of carbonyl (C=O) groups excluding carboxylic acids is 5. The van der Waals surface area contributed by atoms with Crippen LogP contribution in [0, 0.1) is 23.7 Å². The van der Waals surface area contributed by atoms with Gasteiger partial charge in [0.25, 0.3) is 0 Å². The number of Topliss-reactive ketones (excluding diaryl/α,β-unsaturated/α-hetero) is 4. The monoisotopic (exact) mass is 963 g/mol. The van der Waals surface area contributed by atoms with E-state index in [1.807, 2.05) is 26.8 Å². The third kappa shape index (κ3) is 25.1. The molecule has 16 heteroatoms. The summed E-state index contributed by atoms with van der Waals surface area (Å²) in [6.07, 6.45) is 9.87. The van der Waals surface area contributed by atoms with Crippen molar-refractivity contribution in [3.63, 3.8) is 0 Å². The van der Waals surface area contributed by atoms with Crippen molar-refractivity contribution in [2.24, 2.45) is 23.7 Å². The van der Waals surface area contributed by atoms with E-state index in [0.29, 0.717) is 17.7 Å². The number of carboxylic acid groups (broad SMARTS) is 1. The molecule has 12 atom stereocenters. The summed E-state index contributed by atoms with van der Waals surface area (Å²) >= 11 is 0. The molecule has 0 saturated heterocycles. The number of nitrogens with two attached hydrogens (primary N) is 1. The summed E-state index contributed by atoms with van der Waals surface area (Å²) in [4.78, 5) is 76.1. The molecule has 0 saturated carbocycles. The molecule has 2 rings (SSSR count). The minimum Gasteiger partial charge on any atom is -0.481 e. The van der Waals surface area contributed by atoms with E-state index < -0.39 is 116 Å². The number of aliphatic carboxylic acids is 1. The lowest BCUT2D eigenvalue weighted by Gasteiger charge is -2.31. The molecule has 1 aromatic rings. The van der Waals surface area contributed by atoms with Crippen LogP contribution < -0.4 is 5.73 Å². The molecule has 0 spiro atoms. The molecule has 1 aliphatic rings. The van der Waals surface area contributed by atoms with Gasteiger partial charge in [0, 0.05) is 62.1 Å². The second kappa shape index (κ2) is 32.4. The standard InChI is InChI=1S/C53H73NO15/c1-34-17-14-12-10-8-6-4-5-7-9-11-13-15-18-40(56)30-48(64)51(53(67)68)49(65)31-45(61)29-44(60)28-43(59)27-42(58)26-39(55)19-16-20-41(57)32-50(66)69-52(34)36(3)25-35(2)46(62)33-47(63)37-21-23-38(54)24-22-37/h4-15,17-18,21-24,34-36,40,42-44,46,48-49,51-52,56,58-60,62,64-65H,16,19-20,25-33,54H2,1-3H3,(H,67,68)/t34-,35+,36-,40+,42+,43+,44+,46+,48-,49-,51+,52+/m0/s1. The molecular formula is C53H73NO15. The van der Waals surface area contributed by atoms with Gasteiger partial charge in [0.1, 0.15) is 35.8 Å². The zero-order valence-corrected chi connectivity index (χ0v) is 39.8. The van der Waals surface area contributed by atoms with E-state index in [0.717, 1.165) is 0 Å². The van der Waals surface area contributed by atoms with E-state index in [-0.39, 0.29) is 62.1 Å². The Bertz CT molecular complexity index is 2000. The van der Waals surface area contributed by atoms with Crippen molar-refractivity contribution in [2.75, 3.05) is 5.73 Å². The maximum Gasteiger partial charge on any atom is 0.313 e. The topological polar surface area (TPSA) is 300 Å². The van der Waals surface area contributed by atoms with E-state index in [1.54, 1.807) is 91.1 Å². The smallest absolute Gasteiger partial charge is 0.313 e. The van der Waals surface area contributed by atoms with Crippen molar-refractivity contribution in [2.45, 2.75) is 147 Å². The highest BCUT2D eigenvalue weighted by molar-refractivity contribution is 5.97. The largest absolute Gasteiger partial charge is 0.481 e. The number of carbonyl (C=O) groups is 6. The number of hydrogen-bond acceptors (Lipinski definition) is 15. The van der Waals surface area contributed by atoms with Gasteiger partial charge in [-0.2, -0.15) is 0 Å². The number of allylic oxidation sites excluding steroid dienone is 12. The van der Waals surface area contributed by atoms with Gasteiger partial charge in [-0.25, -0.2) is 0 Å². The number of ether oxygens (including phenoxy) is 1. The number of aliphatic hydroxyl groups excluding tert-OH is 7. The fraction of sp³-hybridized carbons (Fsp3) is 0.509. The summed E-state index contributed by atoms with van der Waals surface area (Å²) in [6, 6.07) is 6.43. The van der Waals surface area contributed by atoms with Crippen LogP contribution in [0.15, 0.2) is 109 Å². The summed E-state index contributed by atoms with van der Waals surface area (Å²) in [7, 11) is 0. The van der Waals surface area contributed by atoms with Gasteiger partial charge in [-0.15, -0.1) is 0 Å². The van der Waals surface area contributed by atoms with Gasteiger partial charge in [0.15, 0.2) is 5.78 Å². The van der Waals surface area contributed by atoms with Gasteiger partial charge < -0.3 is 51.3 Å². The van der Waals surface area contributed by atoms with Crippen molar-refractivity contribution in [1.82, 2.24) is 0 Å². The van der Waals surface area contributed by atoms with Crippen LogP contribution in [0.2, 0.25) is 0 Å². The fourth-order valence-corrected chi connectivity index (χ4v) is 7.93. The summed E-state index contributed by atoms with van der Waals surface area (Å²) in [5.74, 6) is -7.11. The Morgan fingerprint density at radius 3 is 1.72 bits per heavy atom. The molecule has 0 radical (unpaired) electrons. The summed E-state index contributed by atoms with van der Waals surface area (Å²) in [5.41, 5.74) is 6.68. The van der Waals surface area contributed by atoms with E-state index in [1.165, 1.54) is 12.2 Å². The molecule has 1 aromatic carbocycles. The summed E-state index contributed by atoms with van der Waals surface area (Å²) in [6.45, 7) is 5.54. The van der Waals surface area contributed by atoms with Gasteiger partial charge in [0.2, 0.25) is 0 Å². The lowest BCUT2D eigenvalue weighted by molar-refractivity contribution is -0.156. The van der Waals surface area contributed by atoms with E-state index in [2.05, 4.69) is 0 Å². The van der Waals surface area contributed by atoms with E-state index in [4.69, 9.17) is 10.5 Å². The van der Waals surface area contributed by atoms with Gasteiger partial charge >= 0.3 is 11.9 Å². The quantitative estimate of drug-likeness (QED) is 0.0732. The Labute approximate surface area is 405 Å². The van der Waals surface area contributed by atoms with Crippen LogP contribution in [-0.2, 0) is 28.7 Å². The Hall–Kier alpha value is -5.46. The van der Waals surface area contributed by atoms with Crippen molar-refractivity contribution >= 4 is 40.8 Å². The molecule has 10 N–H and O–H groups in total. The number of aliphatic hydroxyl groups is 7. The Balaban J connectivity index is 2.22. The Morgan fingerprint density at radius 2 is 1.17 bits per heavy atom. The second-order valence-corrected chi connectivity index (χ2v) is 18.0. The molecular weight excluding hydrogens is 891 g/mol. The number of anilines is 1. The molecule has 16 nitrogen and oxygen atoms in total. The normalized spacial score (nSPS) is 28.0. The molecule has 0 unspecified atom stereocenters. The van der Waals surface area contributed by atoms with Gasteiger partial charge in [-0.3, -0.25) is 28.8 Å². The van der Waals surface area contributed by atoms with Crippen LogP contribution in [0.4, 0.5) is 5.69 Å². The summed E-state index contributed by atoms with van der Waals surface area (Å²) < 4.78 is 5.92. The zero-order chi connectivity index (χ0) is 51.5. The number of carboxylic acids is 1. The number of benzene rings is 1. The molecule has 0 aliphatic carbocycles. The van der Waals surface area contributed by atoms with Gasteiger partial charge in [0.05, 0.1) is 42.7 Å². The van der Waals surface area contributed by atoms with Crippen LogP contribution >= 0.6 is 0 Å². The first-order valence-electron chi connectivity index (χ1n) is 23.5. The van der Waals surface area contributed by atoms with Crippen molar-refractivity contribution in [3.8, 4) is 0 Å². The number of hydrogen-bond donors (Lipinski definition) is 9. The van der Waals surface area contributed by atoms with Crippen LogP contribution in [0.5, 0.6) is 0 Å². The van der Waals surface area contributed by atoms with Crippen molar-refractivity contribution in [3.05, 3.63) is 115 Å². The van der Waals surface area contributed by atoms with Crippen molar-refractivity contribution < 1.29 is 74.4 Å². The van der Waals surface area contributed by atoms with Crippen LogP contribution in [0.1, 0.15) is 108 Å². The molecule has 0 fully saturated rings. The molecule has 0 aromatic heterocycles. The number of cyclic esters (lactones) is 1. The summed E-state index contributed by atoms with van der Waals surface area (Å²) in [5, 5.41) is 83.4. The predicted octanol–water partition coefficient (Wildman–Crippen LogP) is 4.79. The fourth-order valence-electron chi connectivity index (χ4n) is 7.93. The number of rotatable bonds is 8. The predicted molar refractivity (Wildman–Crippen MR) is 260 cm³/mol. The van der Waals surface area contributed by atoms with E-state index >= 15 is 0 Å². The van der Waals surface area contributed by atoms with Gasteiger partial charge in [-0.05, 0) is 61.8 Å². The van der Waals surface area contributed by atoms with Crippen molar-refractivity contribution in [1.29, 1.82) is 0 Å². The Morgan fingerprint density at radius 1 is 0.667 bits per heavy atom. The first-order valence-corrected chi connectivity index (χ1v) is 23.5. The Kier molecular flexibility index (Phi) is 28.0. The zero-order valence-electron chi connectivity index (χ0n) is 39.8. The van der Waals surface area contributed by atoms with Gasteiger partial charge in [-0.1, -0.05) is 106 Å². The highest BCUT2D eigenvalue weighted by Crippen LogP contribution is 2.28. The number of ketones is 4. The third-order valence-corrected chi connectivity index (χ3v) is 11.6. The van der Waals surface area contributed by atoms with Crippen LogP contribution in [0.3, 0.4) is 0 Å². The lowest BCUT2D eigenvalue weighted by Crippen LogP contribution is -2.41. The molecule has 1 heterocycles. The highest BCUT2D eigenvalue weighted by atomic mass is 16.5. The lowest BCUT2D eigenvalue weighted by atomic mass is 9.83. The average Bonchev–Trinajstić information content (AvgIpc) is 3.24. The number of esters is 1. The first kappa shape index (κ1) is 59.7. The molecule has 1 aliphatic heterocycles. The average molecular weight is 964 g/mol. The minimum absolute atomic E-state index is 0.0817. The molecule has 380 valence electrons. The SMILES string of the molecule is C[C@H](C[C@H](C)[C@@H]1OC(=O)CC(=O)CCCC(=O)C[C@@H](O)C[C@@H](O)C[C@@H](O)CC(=O)C[C@H](O)[C@H](C(=O)O)[C@@H](O)C[C@H](O)C=CC=CC=CC=CC=CC=CC=C[C@@H]1C)[C@H](O)CC(=O)c1ccc(N)cc1. The van der Waals surface area contributed by atoms with Crippen LogP contribution in [-0.4, -0.2) is 125 Å². The first-order chi connectivity index (χ1) is 32.7. The molecule has 69 heavy (non-hydrogen) atoms. The number of nitrogen functional groups attached to an aromatic ring is 1. The van der Waals surface area contributed by atoms with E-state index in [9.17, 15) is 69.6 Å².